The van der Waals surface area contributed by atoms with Gasteiger partial charge in [0.1, 0.15) is 5.69 Å². The third-order valence-corrected chi connectivity index (χ3v) is 4.41. The Morgan fingerprint density at radius 1 is 1.12 bits per heavy atom. The predicted molar refractivity (Wildman–Crippen MR) is 76.7 cm³/mol. The first-order chi connectivity index (χ1) is 11.1. The molecule has 1 aromatic heterocycles. The lowest BCUT2D eigenvalue weighted by Gasteiger charge is -2.09. The zero-order valence-corrected chi connectivity index (χ0v) is 12.7. The molecule has 0 aliphatic heterocycles. The molecule has 2 rings (SSSR count). The van der Waals surface area contributed by atoms with Gasteiger partial charge in [-0.25, -0.2) is 17.9 Å². The summed E-state index contributed by atoms with van der Waals surface area (Å²) >= 11 is 0. The summed E-state index contributed by atoms with van der Waals surface area (Å²) in [6, 6.07) is 6.39. The Kier molecular flexibility index (Phi) is 4.90. The number of rotatable bonds is 5. The first kappa shape index (κ1) is 17.9. The molecule has 1 aromatic carbocycles. The highest BCUT2D eigenvalue weighted by Gasteiger charge is 2.32. The molecule has 0 aliphatic rings. The summed E-state index contributed by atoms with van der Waals surface area (Å²) in [4.78, 5) is 13.8. The maximum absolute atomic E-state index is 12.4. The Morgan fingerprint density at radius 2 is 1.75 bits per heavy atom. The number of carboxylic acid groups (broad SMARTS) is 1. The van der Waals surface area contributed by atoms with Crippen LogP contribution >= 0.6 is 0 Å². The average molecular weight is 360 g/mol. The zero-order valence-electron chi connectivity index (χ0n) is 11.9. The van der Waals surface area contributed by atoms with E-state index in [2.05, 4.69) is 9.71 Å². The van der Waals surface area contributed by atoms with E-state index in [-0.39, 0.29) is 22.6 Å². The monoisotopic (exact) mass is 360 g/mol. The van der Waals surface area contributed by atoms with Gasteiger partial charge in [0.05, 0.1) is 10.5 Å². The molecule has 0 spiro atoms. The number of alkyl halides is 3. The van der Waals surface area contributed by atoms with Crippen LogP contribution in [0.4, 0.5) is 13.2 Å². The first-order valence-electron chi connectivity index (χ1n) is 6.45. The lowest BCUT2D eigenvalue weighted by atomic mass is 10.2. The van der Waals surface area contributed by atoms with Crippen molar-refractivity contribution in [3.63, 3.8) is 0 Å². The second-order valence-corrected chi connectivity index (χ2v) is 6.47. The van der Waals surface area contributed by atoms with Gasteiger partial charge < -0.3 is 5.11 Å². The van der Waals surface area contributed by atoms with E-state index in [1.165, 1.54) is 0 Å². The van der Waals surface area contributed by atoms with Crippen LogP contribution in [0.25, 0.3) is 0 Å². The fraction of sp³-hybridized carbons (Fsp3) is 0.143. The van der Waals surface area contributed by atoms with Gasteiger partial charge in [0.2, 0.25) is 10.0 Å². The maximum atomic E-state index is 12.4. The number of carboxylic acids is 1. The van der Waals surface area contributed by atoms with Crippen LogP contribution < -0.4 is 4.72 Å². The Bertz CT molecular complexity index is 832. The molecular formula is C14H11F3N2O4S. The fourth-order valence-corrected chi connectivity index (χ4v) is 2.75. The minimum absolute atomic E-state index is 0.0686. The number of sulfonamides is 1. The molecule has 2 N–H and O–H groups in total. The summed E-state index contributed by atoms with van der Waals surface area (Å²) < 4.78 is 63.5. The van der Waals surface area contributed by atoms with Crippen LogP contribution in [0.2, 0.25) is 0 Å². The van der Waals surface area contributed by atoms with Crippen LogP contribution in [0.15, 0.2) is 47.5 Å². The second kappa shape index (κ2) is 6.57. The number of hydrogen-bond acceptors (Lipinski definition) is 4. The second-order valence-electron chi connectivity index (χ2n) is 4.70. The molecule has 6 nitrogen and oxygen atoms in total. The molecule has 2 aromatic rings. The van der Waals surface area contributed by atoms with Gasteiger partial charge in [-0.3, -0.25) is 4.98 Å². The third-order valence-electron chi connectivity index (χ3n) is 2.99. The summed E-state index contributed by atoms with van der Waals surface area (Å²) in [7, 11) is -3.93. The number of aromatic carboxylic acids is 1. The standard InChI is InChI=1S/C14H11F3N2O4S/c15-14(16,17)12-6-1-9(7-18-12)8-19-24(22,23)11-4-2-10(3-5-11)13(20)21/h1-7,19H,8H2,(H,20,21). The highest BCUT2D eigenvalue weighted by Crippen LogP contribution is 2.27. The van der Waals surface area contributed by atoms with Crippen LogP contribution in [0.5, 0.6) is 0 Å². The molecule has 0 saturated carbocycles. The van der Waals surface area contributed by atoms with E-state index in [9.17, 15) is 26.4 Å². The molecular weight excluding hydrogens is 349 g/mol. The Balaban J connectivity index is 2.08. The summed E-state index contributed by atoms with van der Waals surface area (Å²) in [5.41, 5.74) is -0.895. The smallest absolute Gasteiger partial charge is 0.433 e. The van der Waals surface area contributed by atoms with Crippen molar-refractivity contribution < 1.29 is 31.5 Å². The maximum Gasteiger partial charge on any atom is 0.433 e. The minimum atomic E-state index is -4.57. The molecule has 0 bridgehead atoms. The molecule has 0 radical (unpaired) electrons. The largest absolute Gasteiger partial charge is 0.478 e. The van der Waals surface area contributed by atoms with E-state index in [1.54, 1.807) is 0 Å². The van der Waals surface area contributed by atoms with Gasteiger partial charge >= 0.3 is 12.1 Å². The van der Waals surface area contributed by atoms with E-state index < -0.39 is 27.9 Å². The van der Waals surface area contributed by atoms with Crippen LogP contribution in [0, 0.1) is 0 Å². The van der Waals surface area contributed by atoms with Gasteiger partial charge in [0, 0.05) is 12.7 Å². The quantitative estimate of drug-likeness (QED) is 0.853. The summed E-state index contributed by atoms with van der Waals surface area (Å²) in [6.45, 7) is -0.256. The van der Waals surface area contributed by atoms with Crippen molar-refractivity contribution in [2.75, 3.05) is 0 Å². The number of carbonyl (C=O) groups is 1. The third kappa shape index (κ3) is 4.30. The molecule has 0 atom stereocenters. The summed E-state index contributed by atoms with van der Waals surface area (Å²) in [5, 5.41) is 8.76. The highest BCUT2D eigenvalue weighted by molar-refractivity contribution is 7.89. The number of hydrogen-bond donors (Lipinski definition) is 2. The van der Waals surface area contributed by atoms with Crippen molar-refractivity contribution in [2.45, 2.75) is 17.6 Å². The van der Waals surface area contributed by atoms with Crippen LogP contribution in [-0.4, -0.2) is 24.5 Å². The number of aromatic nitrogens is 1. The van der Waals surface area contributed by atoms with Crippen molar-refractivity contribution in [2.24, 2.45) is 0 Å². The lowest BCUT2D eigenvalue weighted by Crippen LogP contribution is -2.23. The molecule has 0 amide bonds. The summed E-state index contributed by atoms with van der Waals surface area (Å²) in [6.07, 6.45) is -3.64. The molecule has 0 aliphatic carbocycles. The molecule has 24 heavy (non-hydrogen) atoms. The molecule has 0 unspecified atom stereocenters. The van der Waals surface area contributed by atoms with Gasteiger partial charge in [0.15, 0.2) is 0 Å². The van der Waals surface area contributed by atoms with E-state index in [1.807, 2.05) is 0 Å². The van der Waals surface area contributed by atoms with E-state index in [4.69, 9.17) is 5.11 Å². The Morgan fingerprint density at radius 3 is 2.21 bits per heavy atom. The predicted octanol–water partition coefficient (Wildman–Crippen LogP) is 2.28. The van der Waals surface area contributed by atoms with Crippen molar-refractivity contribution in [3.8, 4) is 0 Å². The topological polar surface area (TPSA) is 96.4 Å². The zero-order chi connectivity index (χ0) is 18.0. The number of pyridine rings is 1. The molecule has 0 saturated heterocycles. The number of benzene rings is 1. The van der Waals surface area contributed by atoms with Crippen molar-refractivity contribution in [3.05, 3.63) is 59.4 Å². The van der Waals surface area contributed by atoms with E-state index in [0.29, 0.717) is 0 Å². The van der Waals surface area contributed by atoms with Crippen LogP contribution in [0.3, 0.4) is 0 Å². The van der Waals surface area contributed by atoms with Crippen molar-refractivity contribution >= 4 is 16.0 Å². The van der Waals surface area contributed by atoms with Gasteiger partial charge in [-0.1, -0.05) is 6.07 Å². The lowest BCUT2D eigenvalue weighted by molar-refractivity contribution is -0.141. The van der Waals surface area contributed by atoms with Crippen LogP contribution in [0.1, 0.15) is 21.6 Å². The SMILES string of the molecule is O=C(O)c1ccc(S(=O)(=O)NCc2ccc(C(F)(F)F)nc2)cc1. The number of halogens is 3. The minimum Gasteiger partial charge on any atom is -0.478 e. The highest BCUT2D eigenvalue weighted by atomic mass is 32.2. The number of nitrogens with one attached hydrogen (secondary N) is 1. The van der Waals surface area contributed by atoms with E-state index >= 15 is 0 Å². The molecule has 128 valence electrons. The van der Waals surface area contributed by atoms with Gasteiger partial charge in [-0.15, -0.1) is 0 Å². The van der Waals surface area contributed by atoms with Crippen molar-refractivity contribution in [1.82, 2.24) is 9.71 Å². The van der Waals surface area contributed by atoms with Gasteiger partial charge in [0.25, 0.3) is 0 Å². The summed E-state index contributed by atoms with van der Waals surface area (Å²) in [5.74, 6) is -1.19. The molecule has 10 heteroatoms. The van der Waals surface area contributed by atoms with E-state index in [0.717, 1.165) is 42.6 Å². The molecule has 1 heterocycles. The first-order valence-corrected chi connectivity index (χ1v) is 7.93. The average Bonchev–Trinajstić information content (AvgIpc) is 2.52. The number of nitrogens with zero attached hydrogens (tertiary/aromatic N) is 1. The van der Waals surface area contributed by atoms with Crippen molar-refractivity contribution in [1.29, 1.82) is 0 Å². The normalized spacial score (nSPS) is 12.1. The Hall–Kier alpha value is -2.46. The van der Waals surface area contributed by atoms with Crippen LogP contribution in [-0.2, 0) is 22.7 Å². The van der Waals surface area contributed by atoms with Gasteiger partial charge in [-0.2, -0.15) is 13.2 Å². The fourth-order valence-electron chi connectivity index (χ4n) is 1.74. The Labute approximate surface area is 135 Å². The molecule has 0 fully saturated rings. The van der Waals surface area contributed by atoms with Gasteiger partial charge in [-0.05, 0) is 35.9 Å².